The van der Waals surface area contributed by atoms with E-state index in [-0.39, 0.29) is 32.4 Å². The van der Waals surface area contributed by atoms with Crippen LogP contribution in [0.3, 0.4) is 0 Å². The summed E-state index contributed by atoms with van der Waals surface area (Å²) in [5.74, 6) is -0.828. The Morgan fingerprint density at radius 2 is 1.84 bits per heavy atom. The Morgan fingerprint density at radius 3 is 2.56 bits per heavy atom. The molecule has 1 aliphatic rings. The molecule has 2 aromatic carbocycles. The van der Waals surface area contributed by atoms with Gasteiger partial charge in [-0.25, -0.2) is 14.2 Å². The van der Waals surface area contributed by atoms with Crippen LogP contribution in [-0.2, 0) is 11.8 Å². The summed E-state index contributed by atoms with van der Waals surface area (Å²) in [6.45, 7) is 1.75. The van der Waals surface area contributed by atoms with Gasteiger partial charge in [0.2, 0.25) is 5.88 Å². The third-order valence-corrected chi connectivity index (χ3v) is 6.92. The molecular weight excluding hydrogens is 494 g/mol. The molecule has 4 aromatic rings. The number of benzene rings is 2. The van der Waals surface area contributed by atoms with Crippen molar-refractivity contribution in [1.29, 1.82) is 5.41 Å². The molecule has 0 bridgehead atoms. The average molecular weight is 510 g/mol. The molecule has 0 atom stereocenters. The van der Waals surface area contributed by atoms with E-state index in [1.54, 1.807) is 49.0 Å². The number of aromatic hydroxyl groups is 1. The average Bonchev–Trinajstić information content (AvgIpc) is 3.31. The number of thiazole rings is 1. The molecule has 2 N–H and O–H groups in total. The largest absolute Gasteiger partial charge is 0.493 e. The van der Waals surface area contributed by atoms with Crippen molar-refractivity contribution >= 4 is 38.7 Å². The van der Waals surface area contributed by atoms with Crippen molar-refractivity contribution < 1.29 is 9.90 Å². The van der Waals surface area contributed by atoms with E-state index < -0.39 is 5.91 Å². The number of nitrogens with one attached hydrogen (secondary N) is 1. The van der Waals surface area contributed by atoms with Crippen molar-refractivity contribution in [2.45, 2.75) is 6.92 Å². The number of fused-ring (bicyclic) bond motifs is 1. The topological polar surface area (TPSA) is 105 Å². The molecule has 5 rings (SSSR count). The van der Waals surface area contributed by atoms with Crippen LogP contribution in [0.5, 0.6) is 5.88 Å². The SMILES string of the molecule is Cc1c(-n2c(O)c(C3=c4cc(Br)ccc4=NC3=O)sc2=N)c(=O)n(-c2ccccc2)n1C. The molecule has 1 aliphatic heterocycles. The van der Waals surface area contributed by atoms with Crippen LogP contribution in [0.1, 0.15) is 10.6 Å². The first-order chi connectivity index (χ1) is 15.3. The minimum atomic E-state index is -0.492. The number of rotatable bonds is 3. The van der Waals surface area contributed by atoms with E-state index in [1.807, 2.05) is 18.2 Å². The van der Waals surface area contributed by atoms with Gasteiger partial charge < -0.3 is 5.11 Å². The van der Waals surface area contributed by atoms with Gasteiger partial charge in [-0.3, -0.25) is 19.7 Å². The summed E-state index contributed by atoms with van der Waals surface area (Å²) in [6.07, 6.45) is 0. The maximum Gasteiger partial charge on any atom is 0.296 e. The first-order valence-electron chi connectivity index (χ1n) is 9.56. The van der Waals surface area contributed by atoms with Crippen molar-refractivity contribution in [2.24, 2.45) is 12.0 Å². The molecule has 0 unspecified atom stereocenters. The van der Waals surface area contributed by atoms with E-state index in [2.05, 4.69) is 20.9 Å². The fraction of sp³-hybridized carbons (Fsp3) is 0.0909. The smallest absolute Gasteiger partial charge is 0.296 e. The zero-order chi connectivity index (χ0) is 22.7. The highest BCUT2D eigenvalue weighted by atomic mass is 79.9. The second-order valence-electron chi connectivity index (χ2n) is 7.26. The molecule has 10 heteroatoms. The summed E-state index contributed by atoms with van der Waals surface area (Å²) < 4.78 is 5.10. The number of hydrogen-bond acceptors (Lipinski definition) is 5. The van der Waals surface area contributed by atoms with Crippen molar-refractivity contribution in [3.05, 3.63) is 89.3 Å². The molecule has 8 nitrogen and oxygen atoms in total. The van der Waals surface area contributed by atoms with Crippen LogP contribution in [0.4, 0.5) is 0 Å². The number of halogens is 1. The van der Waals surface area contributed by atoms with Crippen LogP contribution in [-0.4, -0.2) is 24.9 Å². The molecule has 0 radical (unpaired) electrons. The highest BCUT2D eigenvalue weighted by Gasteiger charge is 2.28. The molecule has 160 valence electrons. The maximum atomic E-state index is 13.4. The van der Waals surface area contributed by atoms with Gasteiger partial charge in [0.1, 0.15) is 10.6 Å². The highest BCUT2D eigenvalue weighted by molar-refractivity contribution is 9.10. The zero-order valence-corrected chi connectivity index (χ0v) is 19.4. The molecular formula is C22H16BrN5O3S. The van der Waals surface area contributed by atoms with Crippen molar-refractivity contribution in [3.63, 3.8) is 0 Å². The van der Waals surface area contributed by atoms with Crippen LogP contribution < -0.4 is 20.9 Å². The number of aromatic nitrogens is 3. The molecule has 3 heterocycles. The fourth-order valence-corrected chi connectivity index (χ4v) is 5.18. The third-order valence-electron chi connectivity index (χ3n) is 5.46. The lowest BCUT2D eigenvalue weighted by atomic mass is 10.1. The van der Waals surface area contributed by atoms with Crippen LogP contribution >= 0.6 is 27.3 Å². The second kappa shape index (κ2) is 7.28. The van der Waals surface area contributed by atoms with Gasteiger partial charge in [0.05, 0.1) is 22.3 Å². The molecule has 0 fully saturated rings. The monoisotopic (exact) mass is 509 g/mol. The highest BCUT2D eigenvalue weighted by Crippen LogP contribution is 2.30. The Balaban J connectivity index is 1.79. The van der Waals surface area contributed by atoms with Crippen LogP contribution in [0, 0.1) is 12.3 Å². The number of para-hydroxylation sites is 1. The summed E-state index contributed by atoms with van der Waals surface area (Å²) in [4.78, 5) is 30.2. The van der Waals surface area contributed by atoms with E-state index in [0.29, 0.717) is 22.0 Å². The summed E-state index contributed by atoms with van der Waals surface area (Å²) in [5.41, 5.74) is 1.21. The number of amides is 1. The van der Waals surface area contributed by atoms with Gasteiger partial charge >= 0.3 is 0 Å². The van der Waals surface area contributed by atoms with Gasteiger partial charge in [0, 0.05) is 16.7 Å². The zero-order valence-electron chi connectivity index (χ0n) is 17.0. The first-order valence-corrected chi connectivity index (χ1v) is 11.2. The van der Waals surface area contributed by atoms with Crippen LogP contribution in [0.25, 0.3) is 16.9 Å². The van der Waals surface area contributed by atoms with Crippen molar-refractivity contribution in [2.75, 3.05) is 0 Å². The predicted octanol–water partition coefficient (Wildman–Crippen LogP) is 1.64. The molecule has 0 saturated carbocycles. The van der Waals surface area contributed by atoms with Gasteiger partial charge in [0.25, 0.3) is 11.5 Å². The molecule has 2 aromatic heterocycles. The van der Waals surface area contributed by atoms with Gasteiger partial charge in [-0.2, -0.15) is 0 Å². The van der Waals surface area contributed by atoms with E-state index in [4.69, 9.17) is 5.41 Å². The molecule has 0 aliphatic carbocycles. The predicted molar refractivity (Wildman–Crippen MR) is 123 cm³/mol. The minimum absolute atomic E-state index is 0.0766. The Kier molecular flexibility index (Phi) is 4.64. The van der Waals surface area contributed by atoms with Crippen LogP contribution in [0.15, 0.2) is 62.8 Å². The van der Waals surface area contributed by atoms with Crippen molar-refractivity contribution in [3.8, 4) is 17.3 Å². The Labute approximate surface area is 193 Å². The summed E-state index contributed by atoms with van der Waals surface area (Å²) in [7, 11) is 1.74. The lowest BCUT2D eigenvalue weighted by molar-refractivity contribution is -0.112. The van der Waals surface area contributed by atoms with Crippen molar-refractivity contribution in [1.82, 2.24) is 13.9 Å². The van der Waals surface area contributed by atoms with Crippen LogP contribution in [0.2, 0.25) is 0 Å². The number of carbonyl (C=O) groups excluding carboxylic acids is 1. The number of carbonyl (C=O) groups is 1. The standard InChI is InChI=1S/C22H16BrN5O3S/c1-11-17(20(30)28(26(11)2)13-6-4-3-5-7-13)27-21(31)18(32-22(27)24)16-14-10-12(23)8-9-15(14)25-19(16)29/h3-10,24,31H,1-2H3. The quantitative estimate of drug-likeness (QED) is 0.438. The molecule has 1 amide bonds. The van der Waals surface area contributed by atoms with E-state index in [9.17, 15) is 14.7 Å². The van der Waals surface area contributed by atoms with E-state index >= 15 is 0 Å². The summed E-state index contributed by atoms with van der Waals surface area (Å²) in [6, 6.07) is 14.4. The van der Waals surface area contributed by atoms with E-state index in [0.717, 1.165) is 15.8 Å². The second-order valence-corrected chi connectivity index (χ2v) is 9.17. The molecule has 0 saturated heterocycles. The van der Waals surface area contributed by atoms with E-state index in [1.165, 1.54) is 9.25 Å². The molecule has 32 heavy (non-hydrogen) atoms. The Hall–Kier alpha value is -3.50. The fourth-order valence-electron chi connectivity index (χ4n) is 3.87. The number of nitrogens with zero attached hydrogens (tertiary/aromatic N) is 4. The lowest BCUT2D eigenvalue weighted by Gasteiger charge is -2.07. The van der Waals surface area contributed by atoms with Gasteiger partial charge in [-0.05, 0) is 37.3 Å². The van der Waals surface area contributed by atoms with Gasteiger partial charge in [-0.15, -0.1) is 0 Å². The summed E-state index contributed by atoms with van der Waals surface area (Å²) >= 11 is 4.32. The summed E-state index contributed by atoms with van der Waals surface area (Å²) in [5, 5.41) is 20.7. The maximum absolute atomic E-state index is 13.4. The Morgan fingerprint density at radius 1 is 1.12 bits per heavy atom. The lowest BCUT2D eigenvalue weighted by Crippen LogP contribution is -2.24. The third kappa shape index (κ3) is 2.87. The van der Waals surface area contributed by atoms with Gasteiger partial charge in [-0.1, -0.05) is 45.5 Å². The normalized spacial score (nSPS) is 12.8. The number of hydrogen-bond donors (Lipinski definition) is 2. The minimum Gasteiger partial charge on any atom is -0.493 e. The molecule has 0 spiro atoms. The first kappa shape index (κ1) is 20.4. The Bertz CT molecular complexity index is 1680. The van der Waals surface area contributed by atoms with Gasteiger partial charge in [0.15, 0.2) is 4.80 Å².